The fourth-order valence-electron chi connectivity index (χ4n) is 4.20. The first-order valence-electron chi connectivity index (χ1n) is 10.4. The van der Waals surface area contributed by atoms with Crippen LogP contribution >= 0.6 is 0 Å². The van der Waals surface area contributed by atoms with Crippen LogP contribution < -0.4 is 5.32 Å². The molecule has 1 aromatic carbocycles. The van der Waals surface area contributed by atoms with E-state index in [1.54, 1.807) is 28.6 Å². The molecular formula is C21H32N2O3S. The third-order valence-electron chi connectivity index (χ3n) is 6.00. The highest BCUT2D eigenvalue weighted by atomic mass is 32.2. The average Bonchev–Trinajstić information content (AvgIpc) is 2.67. The Morgan fingerprint density at radius 2 is 1.52 bits per heavy atom. The molecule has 27 heavy (non-hydrogen) atoms. The molecule has 3 rings (SSSR count). The molecule has 5 nitrogen and oxygen atoms in total. The first kappa shape index (κ1) is 20.3. The molecule has 0 radical (unpaired) electrons. The zero-order valence-electron chi connectivity index (χ0n) is 16.1. The second-order valence-electron chi connectivity index (χ2n) is 7.95. The van der Waals surface area contributed by atoms with Crippen LogP contribution in [0.1, 0.15) is 57.8 Å². The Morgan fingerprint density at radius 3 is 2.15 bits per heavy atom. The fourth-order valence-corrected chi connectivity index (χ4v) is 5.69. The van der Waals surface area contributed by atoms with E-state index in [-0.39, 0.29) is 11.8 Å². The summed E-state index contributed by atoms with van der Waals surface area (Å²) in [5, 5.41) is 3.15. The maximum Gasteiger partial charge on any atom is 0.243 e. The van der Waals surface area contributed by atoms with Gasteiger partial charge in [0.1, 0.15) is 0 Å². The minimum atomic E-state index is -3.40. The molecule has 1 amide bonds. The summed E-state index contributed by atoms with van der Waals surface area (Å²) < 4.78 is 26.9. The van der Waals surface area contributed by atoms with Crippen molar-refractivity contribution in [3.05, 3.63) is 30.3 Å². The lowest BCUT2D eigenvalue weighted by atomic mass is 9.90. The van der Waals surface area contributed by atoms with E-state index in [2.05, 4.69) is 5.32 Å². The molecule has 150 valence electrons. The van der Waals surface area contributed by atoms with Crippen molar-refractivity contribution < 1.29 is 13.2 Å². The predicted molar refractivity (Wildman–Crippen MR) is 107 cm³/mol. The highest BCUT2D eigenvalue weighted by Crippen LogP contribution is 2.25. The van der Waals surface area contributed by atoms with Crippen LogP contribution in [0.2, 0.25) is 0 Å². The molecule has 0 atom stereocenters. The molecule has 1 aromatic rings. The molecule has 2 fully saturated rings. The standard InChI is InChI=1S/C21H32N2O3S/c24-21(19-9-5-2-1-3-6-10-19)22-17-18-13-15-23(16-14-18)27(25,26)20-11-7-4-8-12-20/h4,7-8,11-12,18-19H,1-3,5-6,9-10,13-17H2,(H,22,24). The molecule has 1 saturated carbocycles. The zero-order chi connectivity index (χ0) is 19.1. The topological polar surface area (TPSA) is 66.5 Å². The van der Waals surface area contributed by atoms with Crippen molar-refractivity contribution in [2.75, 3.05) is 19.6 Å². The largest absolute Gasteiger partial charge is 0.356 e. The van der Waals surface area contributed by atoms with Crippen LogP contribution in [-0.2, 0) is 14.8 Å². The first-order chi connectivity index (χ1) is 13.1. The van der Waals surface area contributed by atoms with Gasteiger partial charge < -0.3 is 5.32 Å². The van der Waals surface area contributed by atoms with Crippen molar-refractivity contribution in [1.29, 1.82) is 0 Å². The van der Waals surface area contributed by atoms with E-state index in [1.807, 2.05) is 6.07 Å². The second-order valence-corrected chi connectivity index (χ2v) is 9.89. The SMILES string of the molecule is O=C(NCC1CCN(S(=O)(=O)c2ccccc2)CC1)C1CCCCCCC1. The highest BCUT2D eigenvalue weighted by Gasteiger charge is 2.29. The van der Waals surface area contributed by atoms with Crippen LogP contribution in [0.4, 0.5) is 0 Å². The minimum absolute atomic E-state index is 0.170. The number of nitrogens with zero attached hydrogens (tertiary/aromatic N) is 1. The van der Waals surface area contributed by atoms with Gasteiger partial charge in [0.05, 0.1) is 4.90 Å². The number of hydrogen-bond donors (Lipinski definition) is 1. The van der Waals surface area contributed by atoms with Gasteiger partial charge >= 0.3 is 0 Å². The van der Waals surface area contributed by atoms with Gasteiger partial charge in [-0.25, -0.2) is 8.42 Å². The number of rotatable bonds is 5. The summed E-state index contributed by atoms with van der Waals surface area (Å²) in [6, 6.07) is 8.63. The van der Waals surface area contributed by atoms with Crippen LogP contribution in [0.25, 0.3) is 0 Å². The van der Waals surface area contributed by atoms with Gasteiger partial charge in [0.2, 0.25) is 15.9 Å². The number of carbonyl (C=O) groups excluding carboxylic acids is 1. The van der Waals surface area contributed by atoms with E-state index in [1.165, 1.54) is 19.3 Å². The normalized spacial score (nSPS) is 21.3. The molecule has 0 aromatic heterocycles. The Balaban J connectivity index is 1.45. The highest BCUT2D eigenvalue weighted by molar-refractivity contribution is 7.89. The van der Waals surface area contributed by atoms with Gasteiger partial charge in [-0.05, 0) is 43.7 Å². The maximum absolute atomic E-state index is 12.7. The molecule has 1 saturated heterocycles. The Labute approximate surface area is 163 Å². The lowest BCUT2D eigenvalue weighted by Gasteiger charge is -2.31. The van der Waals surface area contributed by atoms with E-state index in [0.29, 0.717) is 30.4 Å². The fraction of sp³-hybridized carbons (Fsp3) is 0.667. The quantitative estimate of drug-likeness (QED) is 0.833. The number of hydrogen-bond acceptors (Lipinski definition) is 3. The van der Waals surface area contributed by atoms with Crippen molar-refractivity contribution >= 4 is 15.9 Å². The molecule has 1 aliphatic heterocycles. The zero-order valence-corrected chi connectivity index (χ0v) is 16.9. The Hall–Kier alpha value is -1.40. The summed E-state index contributed by atoms with van der Waals surface area (Å²) in [5.41, 5.74) is 0. The van der Waals surface area contributed by atoms with Crippen LogP contribution in [0.3, 0.4) is 0 Å². The van der Waals surface area contributed by atoms with Crippen molar-refractivity contribution in [3.63, 3.8) is 0 Å². The summed E-state index contributed by atoms with van der Waals surface area (Å²) in [4.78, 5) is 12.9. The lowest BCUT2D eigenvalue weighted by Crippen LogP contribution is -2.42. The third-order valence-corrected chi connectivity index (χ3v) is 7.91. The summed E-state index contributed by atoms with van der Waals surface area (Å²) in [5.74, 6) is 0.741. The van der Waals surface area contributed by atoms with Crippen LogP contribution in [0.15, 0.2) is 35.2 Å². The lowest BCUT2D eigenvalue weighted by molar-refractivity contribution is -0.125. The third kappa shape index (κ3) is 5.55. The average molecular weight is 393 g/mol. The van der Waals surface area contributed by atoms with E-state index >= 15 is 0 Å². The molecular weight excluding hydrogens is 360 g/mol. The Bertz CT molecular complexity index is 689. The summed E-state index contributed by atoms with van der Waals surface area (Å²) in [7, 11) is -3.40. The van der Waals surface area contributed by atoms with E-state index < -0.39 is 10.0 Å². The van der Waals surface area contributed by atoms with Crippen LogP contribution in [0.5, 0.6) is 0 Å². The number of piperidine rings is 1. The number of nitrogens with one attached hydrogen (secondary N) is 1. The van der Waals surface area contributed by atoms with Gasteiger partial charge in [0.15, 0.2) is 0 Å². The summed E-state index contributed by atoms with van der Waals surface area (Å²) in [6.07, 6.45) is 9.75. The summed E-state index contributed by atoms with van der Waals surface area (Å²) >= 11 is 0. The van der Waals surface area contributed by atoms with E-state index in [0.717, 1.165) is 38.5 Å². The monoisotopic (exact) mass is 392 g/mol. The van der Waals surface area contributed by atoms with Gasteiger partial charge in [-0.15, -0.1) is 0 Å². The molecule has 6 heteroatoms. The van der Waals surface area contributed by atoms with Crippen LogP contribution in [0, 0.1) is 11.8 Å². The first-order valence-corrected chi connectivity index (χ1v) is 11.8. The van der Waals surface area contributed by atoms with Gasteiger partial charge in [-0.2, -0.15) is 4.31 Å². The molecule has 1 aliphatic carbocycles. The number of amides is 1. The van der Waals surface area contributed by atoms with Gasteiger partial charge in [-0.1, -0.05) is 50.3 Å². The molecule has 0 bridgehead atoms. The molecule has 2 aliphatic rings. The Kier molecular flexibility index (Phi) is 7.30. The number of sulfonamides is 1. The van der Waals surface area contributed by atoms with Crippen molar-refractivity contribution in [2.24, 2.45) is 11.8 Å². The minimum Gasteiger partial charge on any atom is -0.356 e. The predicted octanol–water partition coefficient (Wildman–Crippen LogP) is 3.56. The van der Waals surface area contributed by atoms with Crippen LogP contribution in [-0.4, -0.2) is 38.3 Å². The molecule has 1 N–H and O–H groups in total. The van der Waals surface area contributed by atoms with Crippen molar-refractivity contribution in [2.45, 2.75) is 62.7 Å². The molecule has 0 unspecified atom stereocenters. The van der Waals surface area contributed by atoms with Crippen molar-refractivity contribution in [3.8, 4) is 0 Å². The summed E-state index contributed by atoms with van der Waals surface area (Å²) in [6.45, 7) is 1.73. The van der Waals surface area contributed by atoms with Gasteiger partial charge in [-0.3, -0.25) is 4.79 Å². The van der Waals surface area contributed by atoms with Gasteiger partial charge in [0.25, 0.3) is 0 Å². The van der Waals surface area contributed by atoms with E-state index in [9.17, 15) is 13.2 Å². The number of benzene rings is 1. The van der Waals surface area contributed by atoms with Gasteiger partial charge in [0, 0.05) is 25.6 Å². The maximum atomic E-state index is 12.7. The molecule has 1 heterocycles. The second kappa shape index (κ2) is 9.69. The van der Waals surface area contributed by atoms with Crippen molar-refractivity contribution in [1.82, 2.24) is 9.62 Å². The smallest absolute Gasteiger partial charge is 0.243 e. The number of carbonyl (C=O) groups is 1. The Morgan fingerprint density at radius 1 is 0.926 bits per heavy atom. The molecule has 0 spiro atoms. The van der Waals surface area contributed by atoms with E-state index in [4.69, 9.17) is 0 Å².